The van der Waals surface area contributed by atoms with Crippen molar-refractivity contribution in [3.05, 3.63) is 48.0 Å². The molecule has 0 saturated heterocycles. The molecule has 0 bridgehead atoms. The Kier molecular flexibility index (Phi) is 10.1. The van der Waals surface area contributed by atoms with Gasteiger partial charge < -0.3 is 9.64 Å². The van der Waals surface area contributed by atoms with Gasteiger partial charge >= 0.3 is 0 Å². The van der Waals surface area contributed by atoms with Gasteiger partial charge in [0, 0.05) is 23.6 Å². The molecule has 2 aromatic carbocycles. The summed E-state index contributed by atoms with van der Waals surface area (Å²) in [6.07, 6.45) is 1.40. The third-order valence-corrected chi connectivity index (χ3v) is 6.75. The Labute approximate surface area is 199 Å². The molecule has 1 amide bonds. The summed E-state index contributed by atoms with van der Waals surface area (Å²) < 4.78 is 6.33. The second-order valence-corrected chi connectivity index (χ2v) is 9.62. The van der Waals surface area contributed by atoms with Crippen LogP contribution in [0.15, 0.2) is 47.4 Å². The van der Waals surface area contributed by atoms with Crippen molar-refractivity contribution in [3.63, 3.8) is 0 Å². The number of anilines is 1. The van der Waals surface area contributed by atoms with Gasteiger partial charge in [-0.2, -0.15) is 0 Å². The Morgan fingerprint density at radius 2 is 1.87 bits per heavy atom. The molecule has 8 heteroatoms. The molecule has 1 aromatic heterocycles. The van der Waals surface area contributed by atoms with Crippen molar-refractivity contribution in [2.45, 2.75) is 24.7 Å². The number of rotatable bonds is 10. The summed E-state index contributed by atoms with van der Waals surface area (Å²) in [5, 5.41) is 0.800. The van der Waals surface area contributed by atoms with E-state index in [2.05, 4.69) is 38.1 Å². The van der Waals surface area contributed by atoms with E-state index in [1.54, 1.807) is 30.2 Å². The third kappa shape index (κ3) is 7.38. The molecule has 3 aromatic rings. The first-order chi connectivity index (χ1) is 14.5. The number of hydrogen-bond donors (Lipinski definition) is 0. The van der Waals surface area contributed by atoms with Gasteiger partial charge in [0.25, 0.3) is 0 Å². The lowest BCUT2D eigenvalue weighted by Gasteiger charge is -2.21. The fraction of sp³-hybridized carbons (Fsp3) is 0.391. The van der Waals surface area contributed by atoms with Crippen LogP contribution in [0.25, 0.3) is 10.2 Å². The first kappa shape index (κ1) is 25.5. The van der Waals surface area contributed by atoms with Gasteiger partial charge in [0.2, 0.25) is 5.91 Å². The van der Waals surface area contributed by atoms with E-state index in [0.717, 1.165) is 44.7 Å². The number of amides is 1. The maximum atomic E-state index is 13.1. The maximum Gasteiger partial charge on any atom is 0.229 e. The van der Waals surface area contributed by atoms with Crippen molar-refractivity contribution in [2.75, 3.05) is 44.9 Å². The van der Waals surface area contributed by atoms with Gasteiger partial charge in [0.1, 0.15) is 5.75 Å². The molecule has 3 rings (SSSR count). The number of hydrogen-bond acceptors (Lipinski definition) is 6. The smallest absolute Gasteiger partial charge is 0.229 e. The molecule has 168 valence electrons. The largest absolute Gasteiger partial charge is 0.497 e. The Morgan fingerprint density at radius 1 is 1.13 bits per heavy atom. The van der Waals surface area contributed by atoms with E-state index in [9.17, 15) is 4.79 Å². The van der Waals surface area contributed by atoms with E-state index in [1.807, 2.05) is 35.2 Å². The molecule has 1 heterocycles. The highest BCUT2D eigenvalue weighted by atomic mass is 35.5. The van der Waals surface area contributed by atoms with E-state index >= 15 is 0 Å². The van der Waals surface area contributed by atoms with Crippen LogP contribution in [0.2, 0.25) is 0 Å². The highest BCUT2D eigenvalue weighted by Gasteiger charge is 2.19. The summed E-state index contributed by atoms with van der Waals surface area (Å²) in [5.41, 5.74) is 2.16. The summed E-state index contributed by atoms with van der Waals surface area (Å²) in [4.78, 5) is 23.0. The Bertz CT molecular complexity index is 977. The molecule has 0 fully saturated rings. The van der Waals surface area contributed by atoms with Gasteiger partial charge in [-0.25, -0.2) is 4.98 Å². The summed E-state index contributed by atoms with van der Waals surface area (Å²) in [6.45, 7) is 3.70. The Balaban J connectivity index is 0.00000341. The molecule has 31 heavy (non-hydrogen) atoms. The molecule has 0 spiro atoms. The monoisotopic (exact) mass is 479 g/mol. The second-order valence-electron chi connectivity index (χ2n) is 7.44. The van der Waals surface area contributed by atoms with Crippen molar-refractivity contribution in [2.24, 2.45) is 0 Å². The van der Waals surface area contributed by atoms with Crippen molar-refractivity contribution in [1.82, 2.24) is 9.88 Å². The third-order valence-electron chi connectivity index (χ3n) is 4.70. The fourth-order valence-electron chi connectivity index (χ4n) is 3.07. The van der Waals surface area contributed by atoms with Gasteiger partial charge in [-0.05, 0) is 75.9 Å². The zero-order chi connectivity index (χ0) is 21.5. The van der Waals surface area contributed by atoms with Gasteiger partial charge in [-0.1, -0.05) is 17.4 Å². The lowest BCUT2D eigenvalue weighted by atomic mass is 10.2. The molecule has 5 nitrogen and oxygen atoms in total. The van der Waals surface area contributed by atoms with Crippen molar-refractivity contribution < 1.29 is 9.53 Å². The molecule has 0 saturated carbocycles. The average Bonchev–Trinajstić information content (AvgIpc) is 3.14. The second kappa shape index (κ2) is 12.3. The number of methoxy groups -OCH3 is 1. The number of nitrogens with zero attached hydrogens (tertiary/aromatic N) is 3. The quantitative estimate of drug-likeness (QED) is 0.359. The van der Waals surface area contributed by atoms with Crippen LogP contribution < -0.4 is 9.64 Å². The van der Waals surface area contributed by atoms with Crippen molar-refractivity contribution in [1.29, 1.82) is 0 Å². The predicted molar refractivity (Wildman–Crippen MR) is 135 cm³/mol. The van der Waals surface area contributed by atoms with Crippen LogP contribution in [0.3, 0.4) is 0 Å². The molecular formula is C23H30ClN3O2S2. The van der Waals surface area contributed by atoms with E-state index in [4.69, 9.17) is 9.72 Å². The maximum absolute atomic E-state index is 13.1. The number of aromatic nitrogens is 1. The van der Waals surface area contributed by atoms with Crippen LogP contribution in [-0.4, -0.2) is 55.8 Å². The molecular weight excluding hydrogens is 450 g/mol. The van der Waals surface area contributed by atoms with Crippen LogP contribution in [0.5, 0.6) is 5.75 Å². The average molecular weight is 480 g/mol. The van der Waals surface area contributed by atoms with Crippen LogP contribution in [0.1, 0.15) is 18.4 Å². The zero-order valence-corrected chi connectivity index (χ0v) is 20.9. The molecule has 0 aliphatic carbocycles. The molecule has 0 aliphatic heterocycles. The lowest BCUT2D eigenvalue weighted by molar-refractivity contribution is -0.118. The molecule has 0 aliphatic rings. The standard InChI is InChI=1S/C23H29N3O2S2.ClH/c1-17-6-11-20-21(16-17)30-23(24-20)26(14-5-13-25(2)3)22(27)12-15-29-19-9-7-18(28-4)8-10-19;/h6-11,16H,5,12-15H2,1-4H3;1H. The number of thiazole rings is 1. The van der Waals surface area contributed by atoms with E-state index in [1.165, 1.54) is 5.56 Å². The van der Waals surface area contributed by atoms with Gasteiger partial charge in [-0.3, -0.25) is 9.69 Å². The number of halogens is 1. The van der Waals surface area contributed by atoms with Crippen LogP contribution in [0.4, 0.5) is 5.13 Å². The minimum Gasteiger partial charge on any atom is -0.497 e. The predicted octanol–water partition coefficient (Wildman–Crippen LogP) is 5.50. The first-order valence-electron chi connectivity index (χ1n) is 10.1. The highest BCUT2D eigenvalue weighted by Crippen LogP contribution is 2.30. The number of fused-ring (bicyclic) bond motifs is 1. The number of carbonyl (C=O) groups excluding carboxylic acids is 1. The molecule has 0 N–H and O–H groups in total. The Morgan fingerprint density at radius 3 is 2.55 bits per heavy atom. The van der Waals surface area contributed by atoms with Crippen LogP contribution in [0, 0.1) is 6.92 Å². The fourth-order valence-corrected chi connectivity index (χ4v) is 5.02. The SMILES string of the molecule is COc1ccc(SCCC(=O)N(CCCN(C)C)c2nc3ccc(C)cc3s2)cc1.Cl. The minimum atomic E-state index is 0. The first-order valence-corrected chi connectivity index (χ1v) is 11.9. The van der Waals surface area contributed by atoms with E-state index in [0.29, 0.717) is 13.0 Å². The number of benzene rings is 2. The summed E-state index contributed by atoms with van der Waals surface area (Å²) in [5.74, 6) is 1.71. The summed E-state index contributed by atoms with van der Waals surface area (Å²) >= 11 is 3.29. The minimum absolute atomic E-state index is 0. The van der Waals surface area contributed by atoms with Gasteiger partial charge in [-0.15, -0.1) is 24.2 Å². The van der Waals surface area contributed by atoms with E-state index < -0.39 is 0 Å². The molecule has 0 radical (unpaired) electrons. The topological polar surface area (TPSA) is 45.7 Å². The summed E-state index contributed by atoms with van der Waals surface area (Å²) in [6, 6.07) is 14.2. The zero-order valence-electron chi connectivity index (χ0n) is 18.5. The van der Waals surface area contributed by atoms with Crippen LogP contribution in [-0.2, 0) is 4.79 Å². The molecule has 0 unspecified atom stereocenters. The number of ether oxygens (including phenoxy) is 1. The number of aryl methyl sites for hydroxylation is 1. The summed E-state index contributed by atoms with van der Waals surface area (Å²) in [7, 11) is 5.77. The Hall–Kier alpha value is -1.80. The van der Waals surface area contributed by atoms with Gasteiger partial charge in [0.15, 0.2) is 5.13 Å². The van der Waals surface area contributed by atoms with Gasteiger partial charge in [0.05, 0.1) is 17.3 Å². The van der Waals surface area contributed by atoms with Crippen LogP contribution >= 0.6 is 35.5 Å². The number of thioether (sulfide) groups is 1. The van der Waals surface area contributed by atoms with Crippen molar-refractivity contribution >= 4 is 56.8 Å². The normalized spacial score (nSPS) is 10.9. The molecule has 0 atom stereocenters. The van der Waals surface area contributed by atoms with E-state index in [-0.39, 0.29) is 18.3 Å². The van der Waals surface area contributed by atoms with Crippen molar-refractivity contribution in [3.8, 4) is 5.75 Å². The highest BCUT2D eigenvalue weighted by molar-refractivity contribution is 7.99. The lowest BCUT2D eigenvalue weighted by Crippen LogP contribution is -2.33. The number of carbonyl (C=O) groups is 1.